The highest BCUT2D eigenvalue weighted by atomic mass is 35.5. The average molecular weight is 189 g/mol. The summed E-state index contributed by atoms with van der Waals surface area (Å²) in [7, 11) is 0. The summed E-state index contributed by atoms with van der Waals surface area (Å²) in [6.07, 6.45) is 0. The predicted molar refractivity (Wildman–Crippen MR) is 47.1 cm³/mol. The molecular formula is C9H10ClFO. The van der Waals surface area contributed by atoms with Crippen LogP contribution >= 0.6 is 11.6 Å². The Hall–Kier alpha value is -0.760. The van der Waals surface area contributed by atoms with Crippen molar-refractivity contribution in [3.63, 3.8) is 0 Å². The fourth-order valence-corrected chi connectivity index (χ4v) is 1.10. The fraction of sp³-hybridized carbons (Fsp3) is 0.333. The maximum atomic E-state index is 12.8. The Balaban J connectivity index is 2.90. The zero-order chi connectivity index (χ0) is 8.97. The van der Waals surface area contributed by atoms with E-state index in [4.69, 9.17) is 16.3 Å². The van der Waals surface area contributed by atoms with Gasteiger partial charge in [0.15, 0.2) is 0 Å². The summed E-state index contributed by atoms with van der Waals surface area (Å²) in [5.74, 6) is 0.530. The molecule has 1 nitrogen and oxygen atoms in total. The second-order valence-electron chi connectivity index (χ2n) is 2.36. The highest BCUT2D eigenvalue weighted by molar-refractivity contribution is 6.17. The van der Waals surface area contributed by atoms with Gasteiger partial charge in [0.2, 0.25) is 0 Å². The van der Waals surface area contributed by atoms with Gasteiger partial charge in [0.1, 0.15) is 11.6 Å². The lowest BCUT2D eigenvalue weighted by atomic mass is 10.2. The number of hydrogen-bond acceptors (Lipinski definition) is 1. The minimum Gasteiger partial charge on any atom is -0.494 e. The molecule has 1 rings (SSSR count). The molecule has 1 aromatic rings. The zero-order valence-corrected chi connectivity index (χ0v) is 7.57. The van der Waals surface area contributed by atoms with Crippen LogP contribution in [-0.4, -0.2) is 6.61 Å². The average Bonchev–Trinajstić information content (AvgIpc) is 2.04. The first-order chi connectivity index (χ1) is 5.76. The largest absolute Gasteiger partial charge is 0.494 e. The molecule has 0 aliphatic heterocycles. The van der Waals surface area contributed by atoms with Gasteiger partial charge in [-0.1, -0.05) is 0 Å². The summed E-state index contributed by atoms with van der Waals surface area (Å²) in [6.45, 7) is 2.39. The molecule has 3 heteroatoms. The summed E-state index contributed by atoms with van der Waals surface area (Å²) in [5, 5.41) is 0. The van der Waals surface area contributed by atoms with Crippen molar-refractivity contribution in [2.24, 2.45) is 0 Å². The fourth-order valence-electron chi connectivity index (χ4n) is 0.948. The highest BCUT2D eigenvalue weighted by Crippen LogP contribution is 2.17. The van der Waals surface area contributed by atoms with Gasteiger partial charge < -0.3 is 4.74 Å². The summed E-state index contributed by atoms with van der Waals surface area (Å²) < 4.78 is 17.9. The second-order valence-corrected chi connectivity index (χ2v) is 2.63. The normalized spacial score (nSPS) is 9.92. The van der Waals surface area contributed by atoms with Gasteiger partial charge in [0, 0.05) is 11.9 Å². The molecule has 0 radical (unpaired) electrons. The molecule has 0 atom stereocenters. The van der Waals surface area contributed by atoms with E-state index < -0.39 is 0 Å². The molecule has 66 valence electrons. The molecule has 0 aliphatic carbocycles. The maximum absolute atomic E-state index is 12.8. The minimum atomic E-state index is -0.309. The van der Waals surface area contributed by atoms with Crippen LogP contribution < -0.4 is 4.74 Å². The first kappa shape index (κ1) is 9.33. The summed E-state index contributed by atoms with van der Waals surface area (Å²) >= 11 is 5.55. The number of halogens is 2. The van der Waals surface area contributed by atoms with Crippen LogP contribution in [0.4, 0.5) is 4.39 Å². The van der Waals surface area contributed by atoms with Crippen LogP contribution in [-0.2, 0) is 5.88 Å². The maximum Gasteiger partial charge on any atom is 0.127 e. The van der Waals surface area contributed by atoms with Crippen molar-refractivity contribution in [2.75, 3.05) is 6.61 Å². The van der Waals surface area contributed by atoms with Gasteiger partial charge in [0.25, 0.3) is 0 Å². The van der Waals surface area contributed by atoms with Crippen LogP contribution in [0.5, 0.6) is 5.75 Å². The lowest BCUT2D eigenvalue weighted by molar-refractivity contribution is 0.338. The van der Waals surface area contributed by atoms with Gasteiger partial charge in [-0.15, -0.1) is 11.6 Å². The first-order valence-corrected chi connectivity index (χ1v) is 4.28. The number of alkyl halides is 1. The Morgan fingerprint density at radius 3 is 2.75 bits per heavy atom. The van der Waals surface area contributed by atoms with Crippen molar-refractivity contribution in [1.82, 2.24) is 0 Å². The molecule has 0 aliphatic rings. The van der Waals surface area contributed by atoms with Gasteiger partial charge in [0.05, 0.1) is 6.61 Å². The van der Waals surface area contributed by atoms with E-state index in [2.05, 4.69) is 0 Å². The van der Waals surface area contributed by atoms with E-state index >= 15 is 0 Å². The Kier molecular flexibility index (Phi) is 3.35. The van der Waals surface area contributed by atoms with Gasteiger partial charge in [-0.3, -0.25) is 0 Å². The molecule has 0 fully saturated rings. The molecule has 0 unspecified atom stereocenters. The number of ether oxygens (including phenoxy) is 1. The van der Waals surface area contributed by atoms with Crippen molar-refractivity contribution in [1.29, 1.82) is 0 Å². The van der Waals surface area contributed by atoms with Crippen molar-refractivity contribution < 1.29 is 9.13 Å². The van der Waals surface area contributed by atoms with Crippen LogP contribution in [0.2, 0.25) is 0 Å². The molecule has 0 amide bonds. The molecule has 0 saturated heterocycles. The summed E-state index contributed by atoms with van der Waals surface area (Å²) in [4.78, 5) is 0. The molecule has 12 heavy (non-hydrogen) atoms. The standard InChI is InChI=1S/C9H10ClFO/c1-2-12-9-4-7(6-10)3-8(11)5-9/h3-5H,2,6H2,1H3. The SMILES string of the molecule is CCOc1cc(F)cc(CCl)c1. The molecule has 0 bridgehead atoms. The smallest absolute Gasteiger partial charge is 0.127 e. The van der Waals surface area contributed by atoms with Crippen LogP contribution in [0.25, 0.3) is 0 Å². The van der Waals surface area contributed by atoms with Gasteiger partial charge in [-0.25, -0.2) is 4.39 Å². The van der Waals surface area contributed by atoms with E-state index in [1.165, 1.54) is 12.1 Å². The number of benzene rings is 1. The Bertz CT molecular complexity index is 263. The Morgan fingerprint density at radius 2 is 2.17 bits per heavy atom. The predicted octanol–water partition coefficient (Wildman–Crippen LogP) is 2.96. The van der Waals surface area contributed by atoms with Crippen LogP contribution in [0.3, 0.4) is 0 Å². The van der Waals surface area contributed by atoms with E-state index in [0.29, 0.717) is 18.2 Å². The van der Waals surface area contributed by atoms with Crippen molar-refractivity contribution in [3.8, 4) is 5.75 Å². The Labute approximate surface area is 76.1 Å². The number of rotatable bonds is 3. The molecule has 0 spiro atoms. The molecule has 1 aromatic carbocycles. The van der Waals surface area contributed by atoms with Gasteiger partial charge in [-0.2, -0.15) is 0 Å². The topological polar surface area (TPSA) is 9.23 Å². The zero-order valence-electron chi connectivity index (χ0n) is 6.81. The highest BCUT2D eigenvalue weighted by Gasteiger charge is 1.99. The van der Waals surface area contributed by atoms with Gasteiger partial charge >= 0.3 is 0 Å². The van der Waals surface area contributed by atoms with Crippen LogP contribution in [0, 0.1) is 5.82 Å². The van der Waals surface area contributed by atoms with Crippen LogP contribution in [0.15, 0.2) is 18.2 Å². The Morgan fingerprint density at radius 1 is 1.42 bits per heavy atom. The lowest BCUT2D eigenvalue weighted by Crippen LogP contribution is -1.93. The molecule has 0 saturated carbocycles. The van der Waals surface area contributed by atoms with E-state index in [9.17, 15) is 4.39 Å². The molecule has 0 heterocycles. The van der Waals surface area contributed by atoms with E-state index in [-0.39, 0.29) is 5.82 Å². The molecule has 0 N–H and O–H groups in total. The monoisotopic (exact) mass is 188 g/mol. The molecule has 0 aromatic heterocycles. The lowest BCUT2D eigenvalue weighted by Gasteiger charge is -2.04. The van der Waals surface area contributed by atoms with Crippen molar-refractivity contribution in [2.45, 2.75) is 12.8 Å². The first-order valence-electron chi connectivity index (χ1n) is 3.74. The summed E-state index contributed by atoms with van der Waals surface area (Å²) in [6, 6.07) is 4.48. The third-order valence-electron chi connectivity index (χ3n) is 1.40. The van der Waals surface area contributed by atoms with Crippen molar-refractivity contribution >= 4 is 11.6 Å². The third kappa shape index (κ3) is 2.38. The quantitative estimate of drug-likeness (QED) is 0.663. The van der Waals surface area contributed by atoms with Crippen molar-refractivity contribution in [3.05, 3.63) is 29.6 Å². The summed E-state index contributed by atoms with van der Waals surface area (Å²) in [5.41, 5.74) is 0.736. The van der Waals surface area contributed by atoms with E-state index in [1.807, 2.05) is 6.92 Å². The van der Waals surface area contributed by atoms with E-state index in [1.54, 1.807) is 6.07 Å². The van der Waals surface area contributed by atoms with Crippen LogP contribution in [0.1, 0.15) is 12.5 Å². The van der Waals surface area contributed by atoms with E-state index in [0.717, 1.165) is 5.56 Å². The van der Waals surface area contributed by atoms with Gasteiger partial charge in [-0.05, 0) is 24.6 Å². The molecular weight excluding hydrogens is 179 g/mol. The minimum absolute atomic E-state index is 0.303. The number of hydrogen-bond donors (Lipinski definition) is 0. The third-order valence-corrected chi connectivity index (χ3v) is 1.70. The second kappa shape index (κ2) is 4.31.